The van der Waals surface area contributed by atoms with E-state index in [1.54, 1.807) is 0 Å². The molecule has 0 spiro atoms. The van der Waals surface area contributed by atoms with Crippen LogP contribution in [0.5, 0.6) is 0 Å². The highest BCUT2D eigenvalue weighted by atomic mass is 16.6. The van der Waals surface area contributed by atoms with Gasteiger partial charge in [-0.2, -0.15) is 0 Å². The molecule has 0 saturated carbocycles. The first kappa shape index (κ1) is 40.6. The molecule has 1 N–H and O–H groups in total. The number of rotatable bonds is 31. The molecule has 0 aromatic carbocycles. The van der Waals surface area contributed by atoms with Crippen LogP contribution in [0.25, 0.3) is 0 Å². The minimum Gasteiger partial charge on any atom is -0.463 e. The number of hydrogen-bond donors (Lipinski definition) is 1. The molecule has 0 bridgehead atoms. The summed E-state index contributed by atoms with van der Waals surface area (Å²) in [6.45, 7) is 11.9. The molecular weight excluding hydrogens is 538 g/mol. The van der Waals surface area contributed by atoms with Crippen LogP contribution in [0.1, 0.15) is 130 Å². The first-order chi connectivity index (χ1) is 20.3. The summed E-state index contributed by atoms with van der Waals surface area (Å²) in [6.07, 6.45) is 19.8. The van der Waals surface area contributed by atoms with E-state index in [0.717, 1.165) is 12.8 Å². The molecule has 1 amide bonds. The van der Waals surface area contributed by atoms with Gasteiger partial charge in [0, 0.05) is 13.0 Å². The van der Waals surface area contributed by atoms with Crippen molar-refractivity contribution in [3.8, 4) is 0 Å². The minimum absolute atomic E-state index is 0.134. The largest absolute Gasteiger partial charge is 0.463 e. The number of carbonyl (C=O) groups excluding carboxylic acids is 2. The Labute approximate surface area is 257 Å². The normalized spacial score (nSPS) is 11.5. The Balaban J connectivity index is 3.21. The van der Waals surface area contributed by atoms with Gasteiger partial charge in [0.2, 0.25) is 0 Å². The molecule has 9 heteroatoms. The van der Waals surface area contributed by atoms with Gasteiger partial charge in [0.25, 0.3) is 0 Å². The maximum absolute atomic E-state index is 11.8. The summed E-state index contributed by atoms with van der Waals surface area (Å²) in [4.78, 5) is 23.3. The fraction of sp³-hybridized carbons (Fsp3) is 0.939. The molecule has 0 aromatic heterocycles. The maximum atomic E-state index is 11.8. The molecule has 250 valence electrons. The second-order valence-corrected chi connectivity index (χ2v) is 11.8. The minimum atomic E-state index is -0.507. The lowest BCUT2D eigenvalue weighted by Crippen LogP contribution is -2.34. The van der Waals surface area contributed by atoms with E-state index in [2.05, 4.69) is 12.2 Å². The van der Waals surface area contributed by atoms with Crippen molar-refractivity contribution in [1.82, 2.24) is 5.32 Å². The average molecular weight is 604 g/mol. The monoisotopic (exact) mass is 603 g/mol. The number of amides is 1. The van der Waals surface area contributed by atoms with E-state index in [1.165, 1.54) is 83.5 Å². The van der Waals surface area contributed by atoms with Crippen LogP contribution in [0.4, 0.5) is 4.79 Å². The molecule has 0 heterocycles. The zero-order chi connectivity index (χ0) is 31.0. The van der Waals surface area contributed by atoms with E-state index in [9.17, 15) is 9.59 Å². The third kappa shape index (κ3) is 34.8. The number of alkyl carbamates (subject to hydrolysis) is 1. The number of nitrogens with one attached hydrogen (secondary N) is 1. The van der Waals surface area contributed by atoms with Crippen molar-refractivity contribution in [3.63, 3.8) is 0 Å². The smallest absolute Gasteiger partial charge is 0.407 e. The predicted molar refractivity (Wildman–Crippen MR) is 168 cm³/mol. The van der Waals surface area contributed by atoms with Crippen LogP contribution < -0.4 is 5.32 Å². The van der Waals surface area contributed by atoms with Gasteiger partial charge < -0.3 is 33.7 Å². The average Bonchev–Trinajstić information content (AvgIpc) is 2.94. The van der Waals surface area contributed by atoms with Gasteiger partial charge in [-0.15, -0.1) is 0 Å². The highest BCUT2D eigenvalue weighted by molar-refractivity contribution is 5.69. The van der Waals surface area contributed by atoms with E-state index in [1.807, 2.05) is 20.8 Å². The lowest BCUT2D eigenvalue weighted by atomic mass is 10.0. The van der Waals surface area contributed by atoms with E-state index < -0.39 is 11.7 Å². The summed E-state index contributed by atoms with van der Waals surface area (Å²) in [5, 5.41) is 2.63. The molecule has 9 nitrogen and oxygen atoms in total. The number of hydrogen-bond acceptors (Lipinski definition) is 8. The third-order valence-corrected chi connectivity index (χ3v) is 6.51. The first-order valence-electron chi connectivity index (χ1n) is 16.8. The van der Waals surface area contributed by atoms with Crippen molar-refractivity contribution in [2.75, 3.05) is 66.0 Å². The van der Waals surface area contributed by atoms with E-state index in [4.69, 9.17) is 28.4 Å². The molecule has 0 aromatic rings. The predicted octanol–water partition coefficient (Wildman–Crippen LogP) is 7.38. The number of ether oxygens (including phenoxy) is 6. The fourth-order valence-electron chi connectivity index (χ4n) is 4.23. The summed E-state index contributed by atoms with van der Waals surface area (Å²) in [5.41, 5.74) is -0.507. The Morgan fingerprint density at radius 3 is 1.33 bits per heavy atom. The van der Waals surface area contributed by atoms with Gasteiger partial charge in [-0.1, -0.05) is 96.8 Å². The molecule has 0 aliphatic carbocycles. The maximum Gasteiger partial charge on any atom is 0.407 e. The van der Waals surface area contributed by atoms with Crippen molar-refractivity contribution in [2.45, 2.75) is 136 Å². The van der Waals surface area contributed by atoms with Crippen molar-refractivity contribution >= 4 is 12.1 Å². The second-order valence-electron chi connectivity index (χ2n) is 11.8. The van der Waals surface area contributed by atoms with Crippen LogP contribution in [-0.4, -0.2) is 83.7 Å². The quantitative estimate of drug-likeness (QED) is 0.0647. The Morgan fingerprint density at radius 1 is 0.524 bits per heavy atom. The van der Waals surface area contributed by atoms with Crippen LogP contribution in [0.3, 0.4) is 0 Å². The van der Waals surface area contributed by atoms with Crippen LogP contribution in [-0.2, 0) is 33.2 Å². The Hall–Kier alpha value is -1.42. The summed E-state index contributed by atoms with van der Waals surface area (Å²) in [7, 11) is 0. The van der Waals surface area contributed by atoms with Crippen LogP contribution in [0, 0.1) is 0 Å². The Kier molecular flexibility index (Phi) is 30.0. The summed E-state index contributed by atoms with van der Waals surface area (Å²) in [6, 6.07) is 0. The van der Waals surface area contributed by atoms with Crippen LogP contribution in [0.2, 0.25) is 0 Å². The first-order valence-corrected chi connectivity index (χ1v) is 16.8. The summed E-state index contributed by atoms with van der Waals surface area (Å²) in [5.74, 6) is -0.134. The standard InChI is InChI=1S/C33H65NO8/c1-5-6-7-8-9-10-11-12-13-14-15-16-17-18-19-20-31(35)41-30-29-40-28-27-39-26-25-38-24-23-37-22-21-34-32(36)42-33(2,3)4/h5-30H2,1-4H3,(H,34,36). The van der Waals surface area contributed by atoms with Gasteiger partial charge in [-0.05, 0) is 27.2 Å². The van der Waals surface area contributed by atoms with Gasteiger partial charge >= 0.3 is 12.1 Å². The molecule has 0 saturated heterocycles. The molecule has 0 fully saturated rings. The molecule has 0 rings (SSSR count). The lowest BCUT2D eigenvalue weighted by Gasteiger charge is -2.19. The van der Waals surface area contributed by atoms with Crippen molar-refractivity contribution in [2.24, 2.45) is 0 Å². The molecule has 0 unspecified atom stereocenters. The Morgan fingerprint density at radius 2 is 0.905 bits per heavy atom. The zero-order valence-electron chi connectivity index (χ0n) is 27.7. The Bertz CT molecular complexity index is 597. The molecule has 0 aliphatic rings. The van der Waals surface area contributed by atoms with Crippen LogP contribution >= 0.6 is 0 Å². The molecule has 0 radical (unpaired) electrons. The number of unbranched alkanes of at least 4 members (excludes halogenated alkanes) is 14. The third-order valence-electron chi connectivity index (χ3n) is 6.51. The zero-order valence-corrected chi connectivity index (χ0v) is 27.7. The van der Waals surface area contributed by atoms with Crippen LogP contribution in [0.15, 0.2) is 0 Å². The molecule has 42 heavy (non-hydrogen) atoms. The van der Waals surface area contributed by atoms with Gasteiger partial charge in [0.05, 0.1) is 52.9 Å². The van der Waals surface area contributed by atoms with E-state index in [-0.39, 0.29) is 12.6 Å². The lowest BCUT2D eigenvalue weighted by molar-refractivity contribution is -0.145. The molecular formula is C33H65NO8. The van der Waals surface area contributed by atoms with Crippen molar-refractivity contribution in [3.05, 3.63) is 0 Å². The van der Waals surface area contributed by atoms with E-state index >= 15 is 0 Å². The van der Waals surface area contributed by atoms with E-state index in [0.29, 0.717) is 65.8 Å². The number of carbonyl (C=O) groups is 2. The second kappa shape index (κ2) is 31.0. The molecule has 0 aliphatic heterocycles. The summed E-state index contributed by atoms with van der Waals surface area (Å²) < 4.78 is 32.1. The van der Waals surface area contributed by atoms with Gasteiger partial charge in [0.15, 0.2) is 0 Å². The van der Waals surface area contributed by atoms with Gasteiger partial charge in [-0.25, -0.2) is 4.79 Å². The highest BCUT2D eigenvalue weighted by Gasteiger charge is 2.15. The topological polar surface area (TPSA) is 102 Å². The highest BCUT2D eigenvalue weighted by Crippen LogP contribution is 2.14. The SMILES string of the molecule is CCCCCCCCCCCCCCCCCC(=O)OCCOCCOCCOCCOCCNC(=O)OC(C)(C)C. The van der Waals surface area contributed by atoms with Crippen molar-refractivity contribution < 1.29 is 38.0 Å². The summed E-state index contributed by atoms with van der Waals surface area (Å²) >= 11 is 0. The van der Waals surface area contributed by atoms with Gasteiger partial charge in [-0.3, -0.25) is 4.79 Å². The van der Waals surface area contributed by atoms with Gasteiger partial charge in [0.1, 0.15) is 12.2 Å². The van der Waals surface area contributed by atoms with Crippen molar-refractivity contribution in [1.29, 1.82) is 0 Å². The fourth-order valence-corrected chi connectivity index (χ4v) is 4.23. The number of esters is 1. The molecule has 0 atom stereocenters.